The fourth-order valence-corrected chi connectivity index (χ4v) is 1.91. The summed E-state index contributed by atoms with van der Waals surface area (Å²) in [6, 6.07) is 10.1. The zero-order chi connectivity index (χ0) is 17.0. The lowest BCUT2D eigenvalue weighted by Crippen LogP contribution is -2.21. The van der Waals surface area contributed by atoms with Crippen LogP contribution in [0.5, 0.6) is 11.5 Å². The first-order valence-electron chi connectivity index (χ1n) is 6.65. The number of nitrogens with zero attached hydrogens (tertiary/aromatic N) is 2. The number of carbonyl (C=O) groups excluding carboxylic acids is 2. The van der Waals surface area contributed by atoms with Crippen LogP contribution in [0.15, 0.2) is 42.5 Å². The van der Waals surface area contributed by atoms with E-state index in [0.29, 0.717) is 11.8 Å². The first kappa shape index (κ1) is 16.2. The molecule has 0 saturated heterocycles. The van der Waals surface area contributed by atoms with Crippen molar-refractivity contribution in [1.82, 2.24) is 4.90 Å². The molecule has 0 radical (unpaired) electrons. The number of rotatable bonds is 5. The Labute approximate surface area is 132 Å². The monoisotopic (exact) mass is 314 g/mol. The molecule has 0 atom stereocenters. The van der Waals surface area contributed by atoms with Gasteiger partial charge in [-0.2, -0.15) is 0 Å². The molecule has 0 unspecified atom stereocenters. The number of nitro groups is 1. The van der Waals surface area contributed by atoms with Gasteiger partial charge in [0.15, 0.2) is 0 Å². The second-order valence-corrected chi connectivity index (χ2v) is 4.93. The maximum Gasteiger partial charge on any atom is 0.311 e. The molecule has 0 saturated carbocycles. The van der Waals surface area contributed by atoms with E-state index in [-0.39, 0.29) is 28.7 Å². The molecule has 0 aromatic heterocycles. The van der Waals surface area contributed by atoms with Crippen LogP contribution in [0.2, 0.25) is 0 Å². The summed E-state index contributed by atoms with van der Waals surface area (Å²) in [5.41, 5.74) is 0.382. The molecule has 7 heteroatoms. The Morgan fingerprint density at radius 3 is 2.57 bits per heavy atom. The van der Waals surface area contributed by atoms with Crippen LogP contribution in [0.25, 0.3) is 0 Å². The maximum absolute atomic E-state index is 11.9. The predicted molar refractivity (Wildman–Crippen MR) is 83.0 cm³/mol. The number of amides is 1. The van der Waals surface area contributed by atoms with Crippen LogP contribution in [0.3, 0.4) is 0 Å². The summed E-state index contributed by atoms with van der Waals surface area (Å²) in [6.45, 7) is 0. The smallest absolute Gasteiger partial charge is 0.311 e. The molecule has 0 fully saturated rings. The van der Waals surface area contributed by atoms with Crippen molar-refractivity contribution in [1.29, 1.82) is 0 Å². The third-order valence-corrected chi connectivity index (χ3v) is 3.03. The number of nitro benzene ring substituents is 1. The van der Waals surface area contributed by atoms with Crippen LogP contribution >= 0.6 is 0 Å². The molecule has 2 aromatic rings. The lowest BCUT2D eigenvalue weighted by Gasteiger charge is -2.12. The van der Waals surface area contributed by atoms with Gasteiger partial charge in [-0.3, -0.25) is 19.7 Å². The Balaban J connectivity index is 2.39. The first-order valence-corrected chi connectivity index (χ1v) is 6.65. The minimum atomic E-state index is -0.598. The zero-order valence-corrected chi connectivity index (χ0v) is 12.6. The molecular weight excluding hydrogens is 300 g/mol. The van der Waals surface area contributed by atoms with Crippen LogP contribution in [0.4, 0.5) is 5.69 Å². The van der Waals surface area contributed by atoms with Crippen molar-refractivity contribution in [3.05, 3.63) is 63.7 Å². The molecule has 0 spiro atoms. The quantitative estimate of drug-likeness (QED) is 0.481. The molecule has 118 valence electrons. The maximum atomic E-state index is 11.9. The summed E-state index contributed by atoms with van der Waals surface area (Å²) >= 11 is 0. The van der Waals surface area contributed by atoms with Gasteiger partial charge in [0.05, 0.1) is 4.92 Å². The van der Waals surface area contributed by atoms with Crippen molar-refractivity contribution in [3.8, 4) is 11.5 Å². The number of carbonyl (C=O) groups is 2. The Hall–Kier alpha value is -3.22. The van der Waals surface area contributed by atoms with Gasteiger partial charge in [0, 0.05) is 31.3 Å². The van der Waals surface area contributed by atoms with Gasteiger partial charge in [0.2, 0.25) is 5.75 Å². The van der Waals surface area contributed by atoms with Crippen LogP contribution in [0, 0.1) is 10.1 Å². The Bertz CT molecular complexity index is 771. The molecule has 2 aromatic carbocycles. The Kier molecular flexibility index (Phi) is 4.70. The zero-order valence-electron chi connectivity index (χ0n) is 12.6. The highest BCUT2D eigenvalue weighted by Crippen LogP contribution is 2.32. The standard InChI is InChI=1S/C16H14N2O5/c1-17(2)16(20)12-4-3-5-13(9-12)23-15-8-11(10-19)6-7-14(15)18(21)22/h3-10H,1-2H3. The minimum Gasteiger partial charge on any atom is -0.450 e. The van der Waals surface area contributed by atoms with E-state index in [1.54, 1.807) is 32.3 Å². The SMILES string of the molecule is CN(C)C(=O)c1cccc(Oc2cc(C=O)ccc2[N+](=O)[O-])c1. The van der Waals surface area contributed by atoms with Gasteiger partial charge >= 0.3 is 5.69 Å². The van der Waals surface area contributed by atoms with E-state index in [0.717, 1.165) is 0 Å². The second kappa shape index (κ2) is 6.69. The van der Waals surface area contributed by atoms with Crippen molar-refractivity contribution in [3.63, 3.8) is 0 Å². The molecule has 0 heterocycles. The fraction of sp³-hybridized carbons (Fsp3) is 0.125. The van der Waals surface area contributed by atoms with Gasteiger partial charge in [0.1, 0.15) is 12.0 Å². The van der Waals surface area contributed by atoms with E-state index in [2.05, 4.69) is 0 Å². The number of ether oxygens (including phenoxy) is 1. The van der Waals surface area contributed by atoms with Gasteiger partial charge in [0.25, 0.3) is 5.91 Å². The van der Waals surface area contributed by atoms with Crippen molar-refractivity contribution < 1.29 is 19.2 Å². The highest BCUT2D eigenvalue weighted by molar-refractivity contribution is 5.94. The van der Waals surface area contributed by atoms with E-state index in [4.69, 9.17) is 4.74 Å². The summed E-state index contributed by atoms with van der Waals surface area (Å²) in [7, 11) is 3.24. The number of hydrogen-bond acceptors (Lipinski definition) is 5. The van der Waals surface area contributed by atoms with Gasteiger partial charge in [-0.15, -0.1) is 0 Å². The summed E-state index contributed by atoms with van der Waals surface area (Å²) in [6.07, 6.45) is 0.572. The molecule has 1 amide bonds. The van der Waals surface area contributed by atoms with Crippen molar-refractivity contribution in [2.75, 3.05) is 14.1 Å². The molecule has 0 aliphatic rings. The molecule has 2 rings (SSSR count). The number of aldehydes is 1. The van der Waals surface area contributed by atoms with E-state index in [1.807, 2.05) is 0 Å². The van der Waals surface area contributed by atoms with Gasteiger partial charge in [-0.1, -0.05) is 6.07 Å². The molecule has 0 bridgehead atoms. The van der Waals surface area contributed by atoms with Crippen molar-refractivity contribution in [2.24, 2.45) is 0 Å². The third kappa shape index (κ3) is 3.70. The topological polar surface area (TPSA) is 89.8 Å². The largest absolute Gasteiger partial charge is 0.450 e. The van der Waals surface area contributed by atoms with E-state index in [1.165, 1.54) is 29.2 Å². The highest BCUT2D eigenvalue weighted by atomic mass is 16.6. The summed E-state index contributed by atoms with van der Waals surface area (Å²) in [4.78, 5) is 34.6. The average Bonchev–Trinajstić information content (AvgIpc) is 2.53. The molecular formula is C16H14N2O5. The second-order valence-electron chi connectivity index (χ2n) is 4.93. The molecule has 0 N–H and O–H groups in total. The van der Waals surface area contributed by atoms with Crippen molar-refractivity contribution >= 4 is 17.9 Å². The molecule has 23 heavy (non-hydrogen) atoms. The van der Waals surface area contributed by atoms with Gasteiger partial charge in [-0.25, -0.2) is 0 Å². The van der Waals surface area contributed by atoms with Gasteiger partial charge < -0.3 is 9.64 Å². The lowest BCUT2D eigenvalue weighted by atomic mass is 10.2. The van der Waals surface area contributed by atoms with Crippen LogP contribution < -0.4 is 4.74 Å². The van der Waals surface area contributed by atoms with Crippen molar-refractivity contribution in [2.45, 2.75) is 0 Å². The molecule has 0 aliphatic carbocycles. The Morgan fingerprint density at radius 1 is 1.22 bits per heavy atom. The van der Waals surface area contributed by atoms with Gasteiger partial charge in [-0.05, 0) is 30.3 Å². The molecule has 0 aliphatic heterocycles. The molecule has 7 nitrogen and oxygen atoms in total. The lowest BCUT2D eigenvalue weighted by molar-refractivity contribution is -0.385. The summed E-state index contributed by atoms with van der Waals surface area (Å²) < 4.78 is 5.51. The highest BCUT2D eigenvalue weighted by Gasteiger charge is 2.17. The average molecular weight is 314 g/mol. The fourth-order valence-electron chi connectivity index (χ4n) is 1.91. The summed E-state index contributed by atoms with van der Waals surface area (Å²) in [5.74, 6) is -0.00973. The first-order chi connectivity index (χ1) is 10.9. The summed E-state index contributed by atoms with van der Waals surface area (Å²) in [5, 5.41) is 11.1. The normalized spacial score (nSPS) is 10.0. The minimum absolute atomic E-state index is 0.0611. The van der Waals surface area contributed by atoms with E-state index < -0.39 is 4.92 Å². The van der Waals surface area contributed by atoms with E-state index in [9.17, 15) is 19.7 Å². The third-order valence-electron chi connectivity index (χ3n) is 3.03. The van der Waals surface area contributed by atoms with Crippen LogP contribution in [-0.2, 0) is 0 Å². The van der Waals surface area contributed by atoms with Crippen LogP contribution in [-0.4, -0.2) is 36.1 Å². The van der Waals surface area contributed by atoms with E-state index >= 15 is 0 Å². The number of hydrogen-bond donors (Lipinski definition) is 0. The predicted octanol–water partition coefficient (Wildman–Crippen LogP) is 2.90. The Morgan fingerprint density at radius 2 is 1.96 bits per heavy atom. The number of benzene rings is 2. The van der Waals surface area contributed by atoms with Crippen LogP contribution in [0.1, 0.15) is 20.7 Å².